The van der Waals surface area contributed by atoms with E-state index in [2.05, 4.69) is 366 Å². The second kappa shape index (κ2) is 30.2. The van der Waals surface area contributed by atoms with Gasteiger partial charge in [-0.25, -0.2) is 19.9 Å². The molecule has 608 valence electrons. The van der Waals surface area contributed by atoms with Gasteiger partial charge in [0.05, 0.1) is 71.6 Å². The Morgan fingerprint density at radius 2 is 0.523 bits per heavy atom. The van der Waals surface area contributed by atoms with Crippen LogP contribution in [0.25, 0.3) is 259 Å². The van der Waals surface area contributed by atoms with Crippen LogP contribution < -0.4 is 0 Å². The van der Waals surface area contributed by atoms with Gasteiger partial charge in [0.25, 0.3) is 0 Å². The Hall–Kier alpha value is -17.3. The molecular formula is C118H71N7O4S. The zero-order valence-corrected chi connectivity index (χ0v) is 70.5. The largest absolute Gasteiger partial charge is 0.456 e. The molecule has 28 rings (SSSR count). The first-order valence-corrected chi connectivity index (χ1v) is 44.4. The molecule has 0 aliphatic heterocycles. The molecular weight excluding hydrogens is 1610 g/mol. The van der Waals surface area contributed by atoms with Gasteiger partial charge >= 0.3 is 0 Å². The molecule has 0 spiro atoms. The number of nitrogens with zero attached hydrogens (tertiary/aromatic N) is 7. The van der Waals surface area contributed by atoms with Gasteiger partial charge in [-0.3, -0.25) is 0 Å². The van der Waals surface area contributed by atoms with Crippen LogP contribution in [-0.2, 0) is 0 Å². The summed E-state index contributed by atoms with van der Waals surface area (Å²) in [4.78, 5) is 20.2. The second-order valence-electron chi connectivity index (χ2n) is 33.0. The molecule has 0 saturated heterocycles. The number of para-hydroxylation sites is 13. The highest BCUT2D eigenvalue weighted by Gasteiger charge is 2.26. The Morgan fingerprint density at radius 1 is 0.192 bits per heavy atom. The summed E-state index contributed by atoms with van der Waals surface area (Å²) in [5.74, 6) is 1.29. The second-order valence-corrected chi connectivity index (χ2v) is 34.0. The van der Waals surface area contributed by atoms with E-state index < -0.39 is 0 Å². The number of thiazole rings is 1. The zero-order chi connectivity index (χ0) is 85.4. The van der Waals surface area contributed by atoms with Crippen molar-refractivity contribution in [2.75, 3.05) is 0 Å². The molecule has 0 radical (unpaired) electrons. The summed E-state index contributed by atoms with van der Waals surface area (Å²) in [5.41, 5.74) is 30.7. The molecule has 0 fully saturated rings. The van der Waals surface area contributed by atoms with Gasteiger partial charge in [-0.2, -0.15) is 0 Å². The fourth-order valence-corrected chi connectivity index (χ4v) is 20.4. The van der Waals surface area contributed by atoms with Crippen LogP contribution in [0.3, 0.4) is 0 Å². The maximum atomic E-state index is 6.46. The van der Waals surface area contributed by atoms with Crippen molar-refractivity contribution in [1.82, 2.24) is 33.6 Å². The lowest BCUT2D eigenvalue weighted by Gasteiger charge is -2.15. The highest BCUT2D eigenvalue weighted by Crippen LogP contribution is 2.47. The van der Waals surface area contributed by atoms with Crippen LogP contribution in [0.2, 0.25) is 0 Å². The van der Waals surface area contributed by atoms with Crippen molar-refractivity contribution in [3.63, 3.8) is 0 Å². The van der Waals surface area contributed by atoms with Crippen molar-refractivity contribution in [3.8, 4) is 95.1 Å². The zero-order valence-electron chi connectivity index (χ0n) is 69.7. The van der Waals surface area contributed by atoms with Crippen LogP contribution in [0.1, 0.15) is 0 Å². The summed E-state index contributed by atoms with van der Waals surface area (Å²) in [5, 5.41) is 16.0. The SMILES string of the molecule is c1ccc(-c2ccc(-c3nc(-c4cc5c(cc4-n4c6ccccc6c6ccccc64)oc4ccccc45)nc4ccccc34)cc2)cc1.c1ccc2oc(-c3ccc(-c4cc5c(cc4-n4c6ccccc6c6ccccc64)oc4ccccc45)cc3)nc2c1.c1ccc2sc(-c3ccc(-c4cc5c(cc4-n4c6ccccc6c6ccccc64)oc4ccccc45)cc3)nc2c1. The summed E-state index contributed by atoms with van der Waals surface area (Å²) < 4.78 is 33.6. The van der Waals surface area contributed by atoms with E-state index in [-0.39, 0.29) is 0 Å². The first-order valence-electron chi connectivity index (χ1n) is 43.6. The van der Waals surface area contributed by atoms with Crippen molar-refractivity contribution in [1.29, 1.82) is 0 Å². The number of fused-ring (bicyclic) bond motifs is 21. The Balaban J connectivity index is 0.000000103. The van der Waals surface area contributed by atoms with Crippen LogP contribution >= 0.6 is 11.3 Å². The molecule has 12 heteroatoms. The molecule has 0 atom stereocenters. The standard InChI is InChI=1S/C44H27N3O.C37H22N2O2.C37H22N2OS/c1-2-12-28(13-3-1)29-22-24-30(25-23-29)43-34-17-4-8-18-37(34)45-44(46-43)36-26-35-33-16-7-11-21-41(33)48-42(35)27-40(36)47-38-19-9-5-14-31(38)32-15-6-10-20-39(32)47;1-5-13-31-25(9-1)26-10-2-6-14-32(26)39(31)33-22-36-29(27-11-3-7-15-34(27)40-36)21-28(33)23-17-19-24(20-18-23)37-38-30-12-4-8-16-35(30)41-37;1-5-13-31-25(9-1)26-10-2-6-14-32(26)39(31)33-22-35-29(27-11-3-7-15-34(27)40-35)21-28(33)23-17-19-24(20-18-23)37-38-30-12-4-8-16-36(30)41-37/h1-27H;2*1-22H. The summed E-state index contributed by atoms with van der Waals surface area (Å²) in [6.45, 7) is 0. The van der Waals surface area contributed by atoms with Gasteiger partial charge in [-0.15, -0.1) is 11.3 Å². The van der Waals surface area contributed by atoms with Crippen molar-refractivity contribution in [2.24, 2.45) is 0 Å². The Morgan fingerprint density at radius 3 is 0.969 bits per heavy atom. The number of oxazole rings is 1. The molecule has 0 aliphatic rings. The van der Waals surface area contributed by atoms with E-state index in [0.29, 0.717) is 11.7 Å². The topological polar surface area (TPSA) is 119 Å². The van der Waals surface area contributed by atoms with Gasteiger partial charge in [0.15, 0.2) is 11.4 Å². The van der Waals surface area contributed by atoms with E-state index in [1.807, 2.05) is 78.9 Å². The molecule has 28 aromatic rings. The van der Waals surface area contributed by atoms with Crippen molar-refractivity contribution in [2.45, 2.75) is 0 Å². The average Bonchev–Trinajstić information content (AvgIpc) is 1.56. The number of benzene rings is 19. The molecule has 9 heterocycles. The molecule has 11 nitrogen and oxygen atoms in total. The van der Waals surface area contributed by atoms with E-state index in [1.54, 1.807) is 11.3 Å². The molecule has 130 heavy (non-hydrogen) atoms. The summed E-state index contributed by atoms with van der Waals surface area (Å²) in [7, 11) is 0. The molecule has 0 N–H and O–H groups in total. The fraction of sp³-hybridized carbons (Fsp3) is 0. The van der Waals surface area contributed by atoms with Crippen LogP contribution in [0.15, 0.2) is 448 Å². The van der Waals surface area contributed by atoms with E-state index in [1.165, 1.54) is 59.2 Å². The summed E-state index contributed by atoms with van der Waals surface area (Å²) in [6.07, 6.45) is 0. The Labute approximate surface area is 746 Å². The monoisotopic (exact) mass is 1680 g/mol. The number of rotatable bonds is 10. The minimum atomic E-state index is 0.622. The average molecular weight is 1680 g/mol. The van der Waals surface area contributed by atoms with Gasteiger partial charge in [-0.1, -0.05) is 297 Å². The molecule has 0 saturated carbocycles. The van der Waals surface area contributed by atoms with Gasteiger partial charge < -0.3 is 31.4 Å². The third-order valence-corrected chi connectivity index (χ3v) is 26.6. The Bertz CT molecular complexity index is 8820. The lowest BCUT2D eigenvalue weighted by atomic mass is 9.99. The molecule has 0 aliphatic carbocycles. The number of hydrogen-bond acceptors (Lipinski definition) is 9. The first-order chi connectivity index (χ1) is 64.4. The lowest BCUT2D eigenvalue weighted by Crippen LogP contribution is -2.01. The van der Waals surface area contributed by atoms with Crippen LogP contribution in [0, 0.1) is 0 Å². The minimum Gasteiger partial charge on any atom is -0.456 e. The molecule has 0 unspecified atom stereocenters. The van der Waals surface area contributed by atoms with E-state index in [0.717, 1.165) is 188 Å². The third kappa shape index (κ3) is 12.3. The highest BCUT2D eigenvalue weighted by molar-refractivity contribution is 7.21. The molecule has 19 aromatic carbocycles. The van der Waals surface area contributed by atoms with Crippen molar-refractivity contribution >= 4 is 175 Å². The lowest BCUT2D eigenvalue weighted by molar-refractivity contribution is 0.620. The van der Waals surface area contributed by atoms with Gasteiger partial charge in [0.1, 0.15) is 44.0 Å². The maximum Gasteiger partial charge on any atom is 0.227 e. The van der Waals surface area contributed by atoms with Gasteiger partial charge in [0.2, 0.25) is 5.89 Å². The van der Waals surface area contributed by atoms with Crippen LogP contribution in [0.4, 0.5) is 0 Å². The van der Waals surface area contributed by atoms with Crippen LogP contribution in [-0.4, -0.2) is 33.6 Å². The first kappa shape index (κ1) is 74.1. The third-order valence-electron chi connectivity index (χ3n) is 25.5. The van der Waals surface area contributed by atoms with Gasteiger partial charge in [0, 0.05) is 122 Å². The number of aromatic nitrogens is 7. The van der Waals surface area contributed by atoms with Crippen LogP contribution in [0.5, 0.6) is 0 Å². The van der Waals surface area contributed by atoms with Crippen molar-refractivity contribution in [3.05, 3.63) is 431 Å². The minimum absolute atomic E-state index is 0.622. The predicted molar refractivity (Wildman–Crippen MR) is 536 cm³/mol. The molecule has 9 aromatic heterocycles. The maximum absolute atomic E-state index is 6.46. The molecule has 0 amide bonds. The number of furan rings is 3. The predicted octanol–water partition coefficient (Wildman–Crippen LogP) is 32.4. The Kier molecular flexibility index (Phi) is 17.2. The normalized spacial score (nSPS) is 11.8. The quantitative estimate of drug-likeness (QED) is 0.133. The molecule has 0 bridgehead atoms. The van der Waals surface area contributed by atoms with Crippen molar-refractivity contribution < 1.29 is 17.7 Å². The fourth-order valence-electron chi connectivity index (χ4n) is 19.5. The van der Waals surface area contributed by atoms with Gasteiger partial charge in [-0.05, 0) is 138 Å². The summed E-state index contributed by atoms with van der Waals surface area (Å²) in [6, 6.07) is 151. The van der Waals surface area contributed by atoms with E-state index in [4.69, 9.17) is 37.6 Å². The smallest absolute Gasteiger partial charge is 0.227 e. The summed E-state index contributed by atoms with van der Waals surface area (Å²) >= 11 is 1.73. The number of hydrogen-bond donors (Lipinski definition) is 0. The van der Waals surface area contributed by atoms with E-state index >= 15 is 0 Å². The highest BCUT2D eigenvalue weighted by atomic mass is 32.1. The van der Waals surface area contributed by atoms with E-state index in [9.17, 15) is 0 Å².